The van der Waals surface area contributed by atoms with E-state index >= 15 is 0 Å². The number of esters is 1. The zero-order valence-electron chi connectivity index (χ0n) is 16.5. The fraction of sp³-hybridized carbons (Fsp3) is 0.294. The number of aliphatic hydroxyl groups is 1. The monoisotopic (exact) mass is 463 g/mol. The minimum atomic E-state index is -1.01. The van der Waals surface area contributed by atoms with E-state index in [-0.39, 0.29) is 30.4 Å². The number of β-lactam (4-membered cyclic amide) rings is 1. The van der Waals surface area contributed by atoms with Crippen molar-refractivity contribution >= 4 is 36.1 Å². The Labute approximate surface area is 185 Å². The van der Waals surface area contributed by atoms with Gasteiger partial charge in [-0.25, -0.2) is 4.79 Å². The van der Waals surface area contributed by atoms with Gasteiger partial charge in [-0.1, -0.05) is 12.6 Å². The first-order valence-electron chi connectivity index (χ1n) is 9.04. The van der Waals surface area contributed by atoms with Crippen LogP contribution in [0, 0.1) is 10.1 Å². The van der Waals surface area contributed by atoms with Gasteiger partial charge in [0.25, 0.3) is 5.69 Å². The first kappa shape index (κ1) is 22.7. The summed E-state index contributed by atoms with van der Waals surface area (Å²) < 4.78 is 5.13. The summed E-state index contributed by atoms with van der Waals surface area (Å²) in [5, 5.41) is 34.1. The number of benzene rings is 1. The number of likely N-dealkylation sites (tertiary alicyclic amines) is 1. The Bertz CT molecular complexity index is 1090. The molecule has 2 amide bonds. The van der Waals surface area contributed by atoms with Crippen molar-refractivity contribution in [3.8, 4) is 0 Å². The van der Waals surface area contributed by atoms with E-state index in [1.807, 2.05) is 0 Å². The van der Waals surface area contributed by atoms with E-state index in [0.29, 0.717) is 5.56 Å². The second-order valence-electron chi connectivity index (χ2n) is 6.60. The fourth-order valence-electron chi connectivity index (χ4n) is 2.83. The molecule has 0 saturated carbocycles. The van der Waals surface area contributed by atoms with Crippen molar-refractivity contribution < 1.29 is 29.2 Å². The lowest BCUT2D eigenvalue weighted by molar-refractivity contribution is -0.384. The van der Waals surface area contributed by atoms with Crippen molar-refractivity contribution in [2.45, 2.75) is 37.8 Å². The van der Waals surface area contributed by atoms with Gasteiger partial charge >= 0.3 is 5.97 Å². The van der Waals surface area contributed by atoms with Crippen LogP contribution in [-0.2, 0) is 32.3 Å². The van der Waals surface area contributed by atoms with Gasteiger partial charge in [0, 0.05) is 12.1 Å². The molecule has 1 saturated heterocycles. The highest BCUT2D eigenvalue weighted by Crippen LogP contribution is 2.26. The molecule has 0 spiro atoms. The summed E-state index contributed by atoms with van der Waals surface area (Å²) in [6, 6.07) is 5.32. The van der Waals surface area contributed by atoms with E-state index < -0.39 is 40.3 Å². The molecule has 0 bridgehead atoms. The lowest BCUT2D eigenvalue weighted by Crippen LogP contribution is -2.61. The molecule has 1 unspecified atom stereocenters. The molecule has 15 heteroatoms. The molecule has 1 aromatic heterocycles. The average Bonchev–Trinajstić information content (AvgIpc) is 3.14. The molecular weight excluding hydrogens is 446 g/mol. The van der Waals surface area contributed by atoms with Gasteiger partial charge in [-0.05, 0) is 29.8 Å². The number of tetrazole rings is 1. The van der Waals surface area contributed by atoms with Gasteiger partial charge in [0.2, 0.25) is 17.0 Å². The average molecular weight is 463 g/mol. The highest BCUT2D eigenvalue weighted by molar-refractivity contribution is 7.80. The number of nitrogens with one attached hydrogen (secondary N) is 1. The zero-order chi connectivity index (χ0) is 23.4. The molecule has 0 radical (unpaired) electrons. The first-order chi connectivity index (χ1) is 15.2. The lowest BCUT2D eigenvalue weighted by Gasteiger charge is -2.40. The molecule has 1 aliphatic heterocycles. The van der Waals surface area contributed by atoms with Gasteiger partial charge in [0.15, 0.2) is 5.70 Å². The highest BCUT2D eigenvalue weighted by Gasteiger charge is 2.43. The molecule has 1 atom stereocenters. The molecule has 14 nitrogen and oxygen atoms in total. The lowest BCUT2D eigenvalue weighted by atomic mass is 10.1. The number of nitro benzene ring substituents is 1. The van der Waals surface area contributed by atoms with Crippen molar-refractivity contribution in [1.29, 1.82) is 0 Å². The van der Waals surface area contributed by atoms with Crippen LogP contribution in [0.4, 0.5) is 5.69 Å². The smallest absolute Gasteiger partial charge is 0.358 e. The third-order valence-corrected chi connectivity index (χ3v) is 4.48. The molecule has 1 aliphatic rings. The van der Waals surface area contributed by atoms with Crippen LogP contribution in [-0.4, -0.2) is 59.1 Å². The number of rotatable bonds is 8. The number of carbonyl (C=O) groups is 3. The second-order valence-corrected chi connectivity index (χ2v) is 7.00. The van der Waals surface area contributed by atoms with Gasteiger partial charge in [-0.3, -0.25) is 24.6 Å². The van der Waals surface area contributed by atoms with Gasteiger partial charge in [-0.2, -0.15) is 4.80 Å². The Morgan fingerprint density at radius 2 is 2.06 bits per heavy atom. The highest BCUT2D eigenvalue weighted by atomic mass is 32.1. The Kier molecular flexibility index (Phi) is 6.67. The van der Waals surface area contributed by atoms with E-state index in [4.69, 9.17) is 4.74 Å². The molecule has 2 heterocycles. The van der Waals surface area contributed by atoms with E-state index in [1.54, 1.807) is 0 Å². The Morgan fingerprint density at radius 1 is 1.38 bits per heavy atom. The molecule has 168 valence electrons. The predicted molar refractivity (Wildman–Crippen MR) is 107 cm³/mol. The molecule has 1 fully saturated rings. The number of hydrogen-bond donors (Lipinski definition) is 3. The van der Waals surface area contributed by atoms with Crippen LogP contribution in [0.2, 0.25) is 0 Å². The summed E-state index contributed by atoms with van der Waals surface area (Å²) in [6.45, 7) is 0.644. The molecule has 2 aromatic rings. The van der Waals surface area contributed by atoms with Crippen molar-refractivity contribution in [1.82, 2.24) is 30.4 Å². The number of aromatic nitrogens is 4. The van der Waals surface area contributed by atoms with E-state index in [0.717, 1.165) is 9.70 Å². The number of thiol groups is 1. The normalized spacial score (nSPS) is 16.1. The van der Waals surface area contributed by atoms with Crippen LogP contribution in [0.25, 0.3) is 0 Å². The third-order valence-electron chi connectivity index (χ3n) is 4.30. The number of hydrogen-bond acceptors (Lipinski definition) is 11. The van der Waals surface area contributed by atoms with Gasteiger partial charge in [0.05, 0.1) is 11.3 Å². The van der Waals surface area contributed by atoms with Crippen LogP contribution in [0.1, 0.15) is 18.9 Å². The number of ether oxygens (including phenoxy) is 1. The first-order valence-corrected chi connectivity index (χ1v) is 9.49. The van der Waals surface area contributed by atoms with Crippen molar-refractivity contribution in [3.63, 3.8) is 0 Å². The largest absolute Gasteiger partial charge is 0.510 e. The van der Waals surface area contributed by atoms with Crippen LogP contribution >= 0.6 is 12.6 Å². The summed E-state index contributed by atoms with van der Waals surface area (Å²) in [6.07, 6.45) is -0.987. The maximum absolute atomic E-state index is 12.5. The number of carbonyl (C=O) groups excluding carboxylic acids is 3. The Morgan fingerprint density at radius 3 is 2.59 bits per heavy atom. The van der Waals surface area contributed by atoms with Gasteiger partial charge < -0.3 is 15.2 Å². The molecule has 0 aliphatic carbocycles. The standard InChI is InChI=1S/C17H17N7O7S/c1-9(25)15(16(28)31-8-10-2-4-11(5-3-10)24(29)30)23-12(6-14(23)27)18-13(26)7-22-20-17(32)19-21-22/h2-5,12,25H,6-8H2,1H3,(H,18,26)(H,20,32)/b15-9-. The summed E-state index contributed by atoms with van der Waals surface area (Å²) in [7, 11) is 0. The minimum Gasteiger partial charge on any atom is -0.510 e. The number of aliphatic hydroxyl groups excluding tert-OH is 1. The number of nitro groups is 1. The fourth-order valence-corrected chi connectivity index (χ4v) is 2.97. The second kappa shape index (κ2) is 9.42. The maximum atomic E-state index is 12.5. The van der Waals surface area contributed by atoms with E-state index in [1.165, 1.54) is 31.2 Å². The molecule has 1 aromatic carbocycles. The molecule has 32 heavy (non-hydrogen) atoms. The van der Waals surface area contributed by atoms with E-state index in [9.17, 15) is 29.6 Å². The van der Waals surface area contributed by atoms with Crippen LogP contribution in [0.15, 0.2) is 40.9 Å². The van der Waals surface area contributed by atoms with Crippen molar-refractivity contribution in [2.75, 3.05) is 0 Å². The minimum absolute atomic E-state index is 0.0788. The summed E-state index contributed by atoms with van der Waals surface area (Å²) in [5.74, 6) is -2.56. The predicted octanol–water partition coefficient (Wildman–Crippen LogP) is 0.0775. The number of allylic oxidation sites excluding steroid dienone is 1. The Balaban J connectivity index is 1.63. The molecule has 2 N–H and O–H groups in total. The van der Waals surface area contributed by atoms with Crippen LogP contribution in [0.5, 0.6) is 0 Å². The topological polar surface area (TPSA) is 183 Å². The van der Waals surface area contributed by atoms with Gasteiger partial charge in [0.1, 0.15) is 25.1 Å². The Hall–Kier alpha value is -4.01. The van der Waals surface area contributed by atoms with Gasteiger partial charge in [-0.15, -0.1) is 10.2 Å². The zero-order valence-corrected chi connectivity index (χ0v) is 17.4. The number of non-ortho nitro benzene ring substituents is 1. The summed E-state index contributed by atoms with van der Waals surface area (Å²) in [4.78, 5) is 48.9. The summed E-state index contributed by atoms with van der Waals surface area (Å²) >= 11 is 3.88. The number of nitrogens with zero attached hydrogens (tertiary/aromatic N) is 6. The summed E-state index contributed by atoms with van der Waals surface area (Å²) in [5.41, 5.74) is -0.0872. The van der Waals surface area contributed by atoms with E-state index in [2.05, 4.69) is 33.4 Å². The number of amides is 2. The van der Waals surface area contributed by atoms with Crippen molar-refractivity contribution in [3.05, 3.63) is 51.4 Å². The maximum Gasteiger partial charge on any atom is 0.358 e. The van der Waals surface area contributed by atoms with Crippen LogP contribution < -0.4 is 5.32 Å². The molecule has 3 rings (SSSR count). The van der Waals surface area contributed by atoms with Crippen molar-refractivity contribution in [2.24, 2.45) is 0 Å². The third kappa shape index (κ3) is 5.18. The SMILES string of the molecule is C/C(O)=C(\C(=O)OCc1ccc([N+](=O)[O-])cc1)N1C(=O)CC1NC(=O)Cn1nnc(S)n1. The quantitative estimate of drug-likeness (QED) is 0.0921. The molecular formula is C17H17N7O7S. The van der Waals surface area contributed by atoms with Crippen LogP contribution in [0.3, 0.4) is 0 Å².